The lowest BCUT2D eigenvalue weighted by Gasteiger charge is -2.30. The van der Waals surface area contributed by atoms with Gasteiger partial charge in [-0.05, 0) is 78.0 Å². The highest BCUT2D eigenvalue weighted by Gasteiger charge is 2.27. The van der Waals surface area contributed by atoms with Crippen LogP contribution in [0.5, 0.6) is 0 Å². The normalized spacial score (nSPS) is 20.8. The lowest BCUT2D eigenvalue weighted by Crippen LogP contribution is -2.38. The lowest BCUT2D eigenvalue weighted by molar-refractivity contribution is -0.0425. The smallest absolute Gasteiger partial charge is 0.108 e. The molecule has 0 saturated carbocycles. The number of allylic oxidation sites excluding steroid dienone is 1. The summed E-state index contributed by atoms with van der Waals surface area (Å²) in [5.74, 6) is 0. The van der Waals surface area contributed by atoms with Gasteiger partial charge in [0.1, 0.15) is 11.0 Å². The largest absolute Gasteiger partial charge is 0.378 e. The van der Waals surface area contributed by atoms with E-state index in [9.17, 15) is 10.2 Å². The number of ether oxygens (including phenoxy) is 1. The molecule has 34 heavy (non-hydrogen) atoms. The molecule has 0 amide bonds. The van der Waals surface area contributed by atoms with Gasteiger partial charge >= 0.3 is 0 Å². The summed E-state index contributed by atoms with van der Waals surface area (Å²) in [6.07, 6.45) is 3.13. The fourth-order valence-electron chi connectivity index (χ4n) is 4.12. The molecule has 1 fully saturated rings. The molecule has 0 radical (unpaired) electrons. The molecular formula is C26H28N4O2S2. The highest BCUT2D eigenvalue weighted by atomic mass is 32.2. The fraction of sp³-hybridized carbons (Fsp3) is 0.346. The predicted octanol–water partition coefficient (Wildman–Crippen LogP) is 6.44. The minimum absolute atomic E-state index is 0.0221. The van der Waals surface area contributed by atoms with Crippen molar-refractivity contribution in [2.45, 2.75) is 38.0 Å². The zero-order chi connectivity index (χ0) is 24.1. The van der Waals surface area contributed by atoms with E-state index in [2.05, 4.69) is 63.3 Å². The first-order valence-electron chi connectivity index (χ1n) is 11.3. The van der Waals surface area contributed by atoms with Gasteiger partial charge in [0.25, 0.3) is 0 Å². The van der Waals surface area contributed by atoms with Gasteiger partial charge in [-0.2, -0.15) is 10.2 Å². The summed E-state index contributed by atoms with van der Waals surface area (Å²) in [6, 6.07) is 19.2. The van der Waals surface area contributed by atoms with E-state index in [0.717, 1.165) is 9.75 Å². The number of nitriles is 1. The third kappa shape index (κ3) is 6.05. The predicted molar refractivity (Wildman–Crippen MR) is 144 cm³/mol. The summed E-state index contributed by atoms with van der Waals surface area (Å²) in [7, 11) is 4.09. The Morgan fingerprint density at radius 2 is 2.03 bits per heavy atom. The Labute approximate surface area is 208 Å². The van der Waals surface area contributed by atoms with Crippen molar-refractivity contribution in [3.63, 3.8) is 0 Å². The van der Waals surface area contributed by atoms with E-state index in [1.807, 2.05) is 33.2 Å². The number of benzene rings is 2. The van der Waals surface area contributed by atoms with Gasteiger partial charge in [0.15, 0.2) is 0 Å². The van der Waals surface area contributed by atoms with E-state index in [4.69, 9.17) is 4.74 Å². The standard InChI is InChI=1S/C26H28N4O2S2/c1-17-10-21(29-31)13-23(32-17)16-28-34-25(15-27)14-24-8-9-26(33-24)20-5-4-19-12-22(30(2)3)7-6-18(19)11-20/h4-9,11-12,14,17,21,23,28H,10,13,16H2,1-3H3/b25-14+. The molecular weight excluding hydrogens is 464 g/mol. The van der Waals surface area contributed by atoms with Crippen molar-refractivity contribution in [2.24, 2.45) is 5.18 Å². The Balaban J connectivity index is 1.40. The number of fused-ring (bicyclic) bond motifs is 1. The minimum atomic E-state index is -0.193. The van der Waals surface area contributed by atoms with Gasteiger partial charge in [0.2, 0.25) is 0 Å². The highest BCUT2D eigenvalue weighted by molar-refractivity contribution is 8.01. The maximum atomic E-state index is 10.9. The van der Waals surface area contributed by atoms with Gasteiger partial charge in [0.05, 0.1) is 18.2 Å². The van der Waals surface area contributed by atoms with Crippen LogP contribution in [0.2, 0.25) is 0 Å². The first kappa shape index (κ1) is 24.4. The molecule has 8 heteroatoms. The van der Waals surface area contributed by atoms with Crippen molar-refractivity contribution in [3.05, 3.63) is 63.2 Å². The van der Waals surface area contributed by atoms with Crippen LogP contribution in [-0.4, -0.2) is 38.9 Å². The van der Waals surface area contributed by atoms with Crippen molar-refractivity contribution in [3.8, 4) is 16.5 Å². The molecule has 1 saturated heterocycles. The molecule has 1 N–H and O–H groups in total. The van der Waals surface area contributed by atoms with E-state index >= 15 is 0 Å². The van der Waals surface area contributed by atoms with Crippen molar-refractivity contribution < 1.29 is 4.74 Å². The zero-order valence-electron chi connectivity index (χ0n) is 19.5. The fourth-order valence-corrected chi connectivity index (χ4v) is 5.79. The molecule has 4 rings (SSSR count). The van der Waals surface area contributed by atoms with Crippen molar-refractivity contribution >= 4 is 45.8 Å². The second-order valence-corrected chi connectivity index (χ2v) is 10.8. The summed E-state index contributed by atoms with van der Waals surface area (Å²) in [5.41, 5.74) is 2.35. The molecule has 2 aromatic carbocycles. The van der Waals surface area contributed by atoms with Crippen LogP contribution in [0.25, 0.3) is 27.3 Å². The SMILES string of the molecule is CC1CC(N=O)CC(CNS/C(C#N)=C/c2ccc(-c3ccc4cc(N(C)C)ccc4c3)s2)O1. The second kappa shape index (κ2) is 11.2. The van der Waals surface area contributed by atoms with Crippen LogP contribution < -0.4 is 9.62 Å². The minimum Gasteiger partial charge on any atom is -0.378 e. The number of nitroso groups, excluding NO2 is 1. The number of nitrogens with one attached hydrogen (secondary N) is 1. The maximum Gasteiger partial charge on any atom is 0.108 e. The van der Waals surface area contributed by atoms with Crippen LogP contribution in [0.3, 0.4) is 0 Å². The third-order valence-corrected chi connectivity index (χ3v) is 7.66. The Morgan fingerprint density at radius 3 is 2.79 bits per heavy atom. The molecule has 3 aromatic rings. The molecule has 1 aromatic heterocycles. The highest BCUT2D eigenvalue weighted by Crippen LogP contribution is 2.33. The zero-order valence-corrected chi connectivity index (χ0v) is 21.2. The molecule has 1 aliphatic rings. The van der Waals surface area contributed by atoms with Gasteiger partial charge in [-0.1, -0.05) is 23.4 Å². The topological polar surface area (TPSA) is 77.7 Å². The molecule has 3 atom stereocenters. The number of hydrogen-bond donors (Lipinski definition) is 1. The van der Waals surface area contributed by atoms with E-state index in [1.54, 1.807) is 11.3 Å². The molecule has 0 bridgehead atoms. The third-order valence-electron chi connectivity index (χ3n) is 5.84. The summed E-state index contributed by atoms with van der Waals surface area (Å²) in [4.78, 5) is 15.8. The molecule has 6 nitrogen and oxygen atoms in total. The van der Waals surface area contributed by atoms with E-state index in [-0.39, 0.29) is 18.2 Å². The van der Waals surface area contributed by atoms with Crippen LogP contribution >= 0.6 is 23.3 Å². The Bertz CT molecular complexity index is 1230. The van der Waals surface area contributed by atoms with Crippen LogP contribution in [0.15, 0.2) is 58.6 Å². The van der Waals surface area contributed by atoms with Crippen LogP contribution in [0.4, 0.5) is 5.69 Å². The molecule has 2 heterocycles. The van der Waals surface area contributed by atoms with Gasteiger partial charge in [-0.25, -0.2) is 0 Å². The summed E-state index contributed by atoms with van der Waals surface area (Å²) < 4.78 is 9.10. The summed E-state index contributed by atoms with van der Waals surface area (Å²) >= 11 is 2.96. The molecule has 0 aliphatic carbocycles. The van der Waals surface area contributed by atoms with Gasteiger partial charge in [-0.3, -0.25) is 4.72 Å². The number of rotatable bonds is 8. The van der Waals surface area contributed by atoms with Gasteiger partial charge < -0.3 is 9.64 Å². The monoisotopic (exact) mass is 492 g/mol. The average molecular weight is 493 g/mol. The van der Waals surface area contributed by atoms with Gasteiger partial charge in [0, 0.05) is 42.5 Å². The molecule has 0 spiro atoms. The number of thiophene rings is 1. The number of hydrogen-bond acceptors (Lipinski definition) is 8. The quantitative estimate of drug-likeness (QED) is 0.221. The molecule has 176 valence electrons. The van der Waals surface area contributed by atoms with Crippen molar-refractivity contribution in [2.75, 3.05) is 25.5 Å². The number of nitrogens with zero attached hydrogens (tertiary/aromatic N) is 3. The van der Waals surface area contributed by atoms with Crippen molar-refractivity contribution in [1.29, 1.82) is 5.26 Å². The lowest BCUT2D eigenvalue weighted by atomic mass is 10.0. The van der Waals surface area contributed by atoms with Gasteiger partial charge in [-0.15, -0.1) is 11.3 Å². The molecule has 3 unspecified atom stereocenters. The van der Waals surface area contributed by atoms with E-state index in [0.29, 0.717) is 24.3 Å². The molecule has 1 aliphatic heterocycles. The van der Waals surface area contributed by atoms with Crippen LogP contribution in [0, 0.1) is 16.2 Å². The Hall–Kier alpha value is -2.70. The summed E-state index contributed by atoms with van der Waals surface area (Å²) in [5, 5.41) is 15.2. The average Bonchev–Trinajstić information content (AvgIpc) is 3.30. The summed E-state index contributed by atoms with van der Waals surface area (Å²) in [6.45, 7) is 2.52. The van der Waals surface area contributed by atoms with E-state index < -0.39 is 0 Å². The number of anilines is 1. The van der Waals surface area contributed by atoms with Crippen LogP contribution in [0.1, 0.15) is 24.6 Å². The first-order chi connectivity index (χ1) is 16.4. The Kier molecular flexibility index (Phi) is 8.01. The van der Waals surface area contributed by atoms with Crippen molar-refractivity contribution in [1.82, 2.24) is 4.72 Å². The Morgan fingerprint density at radius 1 is 1.24 bits per heavy atom. The first-order valence-corrected chi connectivity index (χ1v) is 12.9. The van der Waals surface area contributed by atoms with E-state index in [1.165, 1.54) is 34.0 Å². The van der Waals surface area contributed by atoms with Crippen LogP contribution in [-0.2, 0) is 4.74 Å². The maximum absolute atomic E-state index is 10.9. The second-order valence-electron chi connectivity index (χ2n) is 8.71.